The fourth-order valence-electron chi connectivity index (χ4n) is 4.21. The Balaban J connectivity index is 1.37. The number of esters is 1. The molecule has 4 atom stereocenters. The molecule has 33 heavy (non-hydrogen) atoms. The van der Waals surface area contributed by atoms with Gasteiger partial charge in [-0.3, -0.25) is 4.79 Å². The van der Waals surface area contributed by atoms with Crippen LogP contribution in [0, 0.1) is 0 Å². The highest BCUT2D eigenvalue weighted by molar-refractivity contribution is 5.69. The average Bonchev–Trinajstić information content (AvgIpc) is 2.87. The summed E-state index contributed by atoms with van der Waals surface area (Å²) in [6.45, 7) is 1.50. The van der Waals surface area contributed by atoms with Crippen molar-refractivity contribution in [1.82, 2.24) is 0 Å². The van der Waals surface area contributed by atoms with Crippen molar-refractivity contribution in [1.29, 1.82) is 0 Å². The first kappa shape index (κ1) is 23.5. The third-order valence-electron chi connectivity index (χ3n) is 6.03. The Morgan fingerprint density at radius 2 is 1.67 bits per heavy atom. The van der Waals surface area contributed by atoms with Crippen molar-refractivity contribution in [3.05, 3.63) is 83.6 Å². The van der Waals surface area contributed by atoms with Gasteiger partial charge in [0.05, 0.1) is 51.3 Å². The van der Waals surface area contributed by atoms with Crippen molar-refractivity contribution < 1.29 is 28.5 Å². The molecule has 2 aromatic rings. The van der Waals surface area contributed by atoms with Crippen LogP contribution < -0.4 is 0 Å². The van der Waals surface area contributed by atoms with Crippen LogP contribution in [0.2, 0.25) is 0 Å². The Hall–Kier alpha value is -2.67. The monoisotopic (exact) mass is 452 g/mol. The minimum atomic E-state index is -0.235. The lowest BCUT2D eigenvalue weighted by Crippen LogP contribution is -2.51. The molecule has 6 heteroatoms. The molecule has 176 valence electrons. The first-order chi connectivity index (χ1) is 16.2. The van der Waals surface area contributed by atoms with E-state index in [1.807, 2.05) is 42.5 Å². The fraction of sp³-hybridized carbons (Fsp3) is 0.444. The summed E-state index contributed by atoms with van der Waals surface area (Å²) in [6, 6.07) is 20.2. The lowest BCUT2D eigenvalue weighted by Gasteiger charge is -2.43. The van der Waals surface area contributed by atoms with Crippen LogP contribution in [-0.4, -0.2) is 44.1 Å². The van der Waals surface area contributed by atoms with Crippen LogP contribution in [0.1, 0.15) is 36.8 Å². The SMILES string of the molecule is COC(=O)CCC1=CC[C@@H]2O[C@H](COCc3ccccc3)[C@@H](OCc3ccccc3)C[C@H]2O1. The van der Waals surface area contributed by atoms with Gasteiger partial charge in [0.25, 0.3) is 0 Å². The standard InChI is InChI=1S/C27H32O6/c1-29-27(28)15-13-22-12-14-23-25(32-22)16-24(31-18-21-10-6-3-7-11-21)26(33-23)19-30-17-20-8-4-2-5-9-20/h2-12,23-26H,13-19H2,1H3/t23-,24-,25+,26+/m0/s1. The Kier molecular flexibility index (Phi) is 8.53. The smallest absolute Gasteiger partial charge is 0.305 e. The fourth-order valence-corrected chi connectivity index (χ4v) is 4.21. The zero-order chi connectivity index (χ0) is 22.9. The van der Waals surface area contributed by atoms with Gasteiger partial charge in [-0.2, -0.15) is 0 Å². The Labute approximate surface area is 195 Å². The minimum Gasteiger partial charge on any atom is -0.492 e. The summed E-state index contributed by atoms with van der Waals surface area (Å²) in [5.74, 6) is 0.590. The average molecular weight is 453 g/mol. The number of benzene rings is 2. The molecule has 4 rings (SSSR count). The predicted octanol–water partition coefficient (Wildman–Crippen LogP) is 4.57. The van der Waals surface area contributed by atoms with Gasteiger partial charge in [0.2, 0.25) is 0 Å². The minimum absolute atomic E-state index is 0.0474. The largest absolute Gasteiger partial charge is 0.492 e. The summed E-state index contributed by atoms with van der Waals surface area (Å²) < 4.78 is 29.7. The second kappa shape index (κ2) is 12.0. The number of carbonyl (C=O) groups is 1. The maximum absolute atomic E-state index is 11.5. The summed E-state index contributed by atoms with van der Waals surface area (Å²) >= 11 is 0. The van der Waals surface area contributed by atoms with E-state index in [2.05, 4.69) is 24.3 Å². The number of methoxy groups -OCH3 is 1. The van der Waals surface area contributed by atoms with Crippen molar-refractivity contribution in [2.75, 3.05) is 13.7 Å². The van der Waals surface area contributed by atoms with Crippen LogP contribution in [0.3, 0.4) is 0 Å². The molecule has 2 aliphatic heterocycles. The zero-order valence-electron chi connectivity index (χ0n) is 19.1. The molecule has 0 aromatic heterocycles. The molecule has 1 saturated heterocycles. The first-order valence-electron chi connectivity index (χ1n) is 11.6. The van der Waals surface area contributed by atoms with E-state index in [9.17, 15) is 4.79 Å². The van der Waals surface area contributed by atoms with E-state index < -0.39 is 0 Å². The Bertz CT molecular complexity index is 897. The molecular weight excluding hydrogens is 420 g/mol. The highest BCUT2D eigenvalue weighted by atomic mass is 16.6. The number of hydrogen-bond donors (Lipinski definition) is 0. The molecule has 0 amide bonds. The maximum atomic E-state index is 11.5. The van der Waals surface area contributed by atoms with Crippen LogP contribution in [0.5, 0.6) is 0 Å². The Morgan fingerprint density at radius 1 is 0.970 bits per heavy atom. The van der Waals surface area contributed by atoms with Crippen LogP contribution in [-0.2, 0) is 41.7 Å². The number of ether oxygens (including phenoxy) is 5. The van der Waals surface area contributed by atoms with Gasteiger partial charge in [-0.15, -0.1) is 0 Å². The molecule has 1 fully saturated rings. The highest BCUT2D eigenvalue weighted by Gasteiger charge is 2.41. The van der Waals surface area contributed by atoms with E-state index in [-0.39, 0.29) is 30.4 Å². The molecular formula is C27H32O6. The van der Waals surface area contributed by atoms with Gasteiger partial charge in [0, 0.05) is 12.8 Å². The third-order valence-corrected chi connectivity index (χ3v) is 6.03. The predicted molar refractivity (Wildman–Crippen MR) is 123 cm³/mol. The molecule has 0 spiro atoms. The van der Waals surface area contributed by atoms with Crippen molar-refractivity contribution >= 4 is 5.97 Å². The summed E-state index contributed by atoms with van der Waals surface area (Å²) in [4.78, 5) is 11.5. The number of allylic oxidation sites excluding steroid dienone is 1. The van der Waals surface area contributed by atoms with Crippen LogP contribution in [0.4, 0.5) is 0 Å². The van der Waals surface area contributed by atoms with E-state index >= 15 is 0 Å². The molecule has 0 aliphatic carbocycles. The van der Waals surface area contributed by atoms with Gasteiger partial charge in [0.15, 0.2) is 0 Å². The summed E-state index contributed by atoms with van der Waals surface area (Å²) in [5, 5.41) is 0. The van der Waals surface area contributed by atoms with Crippen LogP contribution >= 0.6 is 0 Å². The van der Waals surface area contributed by atoms with E-state index in [1.165, 1.54) is 7.11 Å². The first-order valence-corrected chi connectivity index (χ1v) is 11.6. The lowest BCUT2D eigenvalue weighted by atomic mass is 9.94. The van der Waals surface area contributed by atoms with Gasteiger partial charge >= 0.3 is 5.97 Å². The molecule has 0 saturated carbocycles. The number of rotatable bonds is 10. The number of carbonyl (C=O) groups excluding carboxylic acids is 1. The lowest BCUT2D eigenvalue weighted by molar-refractivity contribution is -0.209. The van der Waals surface area contributed by atoms with E-state index in [0.717, 1.165) is 23.3 Å². The van der Waals surface area contributed by atoms with Gasteiger partial charge < -0.3 is 23.7 Å². The van der Waals surface area contributed by atoms with Gasteiger partial charge in [-0.1, -0.05) is 60.7 Å². The van der Waals surface area contributed by atoms with E-state index in [1.54, 1.807) is 0 Å². The highest BCUT2D eigenvalue weighted by Crippen LogP contribution is 2.33. The molecule has 2 aromatic carbocycles. The Morgan fingerprint density at radius 3 is 2.36 bits per heavy atom. The molecule has 2 aliphatic rings. The van der Waals surface area contributed by atoms with Crippen molar-refractivity contribution in [3.63, 3.8) is 0 Å². The van der Waals surface area contributed by atoms with E-state index in [0.29, 0.717) is 39.1 Å². The molecule has 0 radical (unpaired) electrons. The number of hydrogen-bond acceptors (Lipinski definition) is 6. The molecule has 6 nitrogen and oxygen atoms in total. The van der Waals surface area contributed by atoms with Gasteiger partial charge in [-0.05, 0) is 23.6 Å². The molecule has 0 bridgehead atoms. The van der Waals surface area contributed by atoms with Gasteiger partial charge in [0.1, 0.15) is 12.2 Å². The summed E-state index contributed by atoms with van der Waals surface area (Å²) in [5.41, 5.74) is 2.25. The second-order valence-corrected chi connectivity index (χ2v) is 8.42. The van der Waals surface area contributed by atoms with Gasteiger partial charge in [-0.25, -0.2) is 0 Å². The van der Waals surface area contributed by atoms with Crippen molar-refractivity contribution in [2.45, 2.75) is 63.3 Å². The molecule has 2 heterocycles. The topological polar surface area (TPSA) is 63.2 Å². The summed E-state index contributed by atoms with van der Waals surface area (Å²) in [7, 11) is 1.40. The third kappa shape index (κ3) is 6.90. The molecule has 0 N–H and O–H groups in total. The quantitative estimate of drug-likeness (QED) is 0.492. The normalized spacial score (nSPS) is 24.3. The van der Waals surface area contributed by atoms with Crippen molar-refractivity contribution in [3.8, 4) is 0 Å². The van der Waals surface area contributed by atoms with Crippen molar-refractivity contribution in [2.24, 2.45) is 0 Å². The van der Waals surface area contributed by atoms with Crippen LogP contribution in [0.15, 0.2) is 72.5 Å². The molecule has 0 unspecified atom stereocenters. The van der Waals surface area contributed by atoms with Crippen LogP contribution in [0.25, 0.3) is 0 Å². The second-order valence-electron chi connectivity index (χ2n) is 8.42. The van der Waals surface area contributed by atoms with E-state index in [4.69, 9.17) is 23.7 Å². The maximum Gasteiger partial charge on any atom is 0.305 e. The summed E-state index contributed by atoms with van der Waals surface area (Å²) in [6.07, 6.45) is 3.86. The zero-order valence-corrected chi connectivity index (χ0v) is 19.1. The number of fused-ring (bicyclic) bond motifs is 1.